The lowest BCUT2D eigenvalue weighted by Gasteiger charge is -2.13. The van der Waals surface area contributed by atoms with Crippen molar-refractivity contribution >= 4 is 11.6 Å². The quantitative estimate of drug-likeness (QED) is 0.677. The largest absolute Gasteiger partial charge is 0.207 e. The molecule has 0 fully saturated rings. The molecule has 0 radical (unpaired) electrons. The zero-order valence-electron chi connectivity index (χ0n) is 10.5. The van der Waals surface area contributed by atoms with Gasteiger partial charge in [-0.15, -0.1) is 11.6 Å². The number of benzene rings is 2. The Morgan fingerprint density at radius 1 is 0.842 bits per heavy atom. The zero-order valence-corrected chi connectivity index (χ0v) is 11.2. The molecule has 0 N–H and O–H groups in total. The highest BCUT2D eigenvalue weighted by Gasteiger charge is 2.18. The van der Waals surface area contributed by atoms with Crippen LogP contribution in [-0.2, 0) is 0 Å². The standard InChI is InChI=1S/C15H12ClF3/c1-8-3-4-10(6-12(8)17)15(16)11-7-13(18)9(2)5-14(11)19/h3-7,15H,1-2H3. The van der Waals surface area contributed by atoms with Crippen LogP contribution < -0.4 is 0 Å². The van der Waals surface area contributed by atoms with Gasteiger partial charge in [-0.25, -0.2) is 13.2 Å². The first kappa shape index (κ1) is 13.9. The molecule has 0 saturated heterocycles. The summed E-state index contributed by atoms with van der Waals surface area (Å²) in [7, 11) is 0. The molecular weight excluding hydrogens is 273 g/mol. The highest BCUT2D eigenvalue weighted by molar-refractivity contribution is 6.22. The molecule has 0 aliphatic rings. The van der Waals surface area contributed by atoms with Crippen LogP contribution in [0, 0.1) is 31.3 Å². The zero-order chi connectivity index (χ0) is 14.2. The van der Waals surface area contributed by atoms with Crippen molar-refractivity contribution in [3.05, 3.63) is 70.0 Å². The lowest BCUT2D eigenvalue weighted by molar-refractivity contribution is 0.579. The van der Waals surface area contributed by atoms with Crippen LogP contribution >= 0.6 is 11.6 Å². The number of aryl methyl sites for hydroxylation is 2. The summed E-state index contributed by atoms with van der Waals surface area (Å²) in [6, 6.07) is 6.55. The molecule has 0 bridgehead atoms. The van der Waals surface area contributed by atoms with Crippen molar-refractivity contribution in [2.45, 2.75) is 19.2 Å². The summed E-state index contributed by atoms with van der Waals surface area (Å²) in [6.07, 6.45) is 0. The Hall–Kier alpha value is -1.48. The fourth-order valence-corrected chi connectivity index (χ4v) is 2.11. The van der Waals surface area contributed by atoms with E-state index >= 15 is 0 Å². The van der Waals surface area contributed by atoms with E-state index < -0.39 is 22.8 Å². The lowest BCUT2D eigenvalue weighted by atomic mass is 10.0. The number of hydrogen-bond donors (Lipinski definition) is 0. The van der Waals surface area contributed by atoms with E-state index in [0.717, 1.165) is 12.1 Å². The van der Waals surface area contributed by atoms with Gasteiger partial charge < -0.3 is 0 Å². The molecule has 4 heteroatoms. The van der Waals surface area contributed by atoms with E-state index in [9.17, 15) is 13.2 Å². The third-order valence-corrected chi connectivity index (χ3v) is 3.53. The van der Waals surface area contributed by atoms with Crippen LogP contribution in [0.5, 0.6) is 0 Å². The normalized spacial score (nSPS) is 12.5. The number of alkyl halides is 1. The second-order valence-corrected chi connectivity index (χ2v) is 4.93. The van der Waals surface area contributed by atoms with Crippen molar-refractivity contribution in [3.63, 3.8) is 0 Å². The summed E-state index contributed by atoms with van der Waals surface area (Å²) in [5.41, 5.74) is 1.09. The van der Waals surface area contributed by atoms with E-state index in [0.29, 0.717) is 11.1 Å². The summed E-state index contributed by atoms with van der Waals surface area (Å²) in [6.45, 7) is 3.09. The van der Waals surface area contributed by atoms with Crippen molar-refractivity contribution in [2.24, 2.45) is 0 Å². The van der Waals surface area contributed by atoms with Crippen LogP contribution in [0.1, 0.15) is 27.6 Å². The second-order valence-electron chi connectivity index (χ2n) is 4.49. The maximum Gasteiger partial charge on any atom is 0.128 e. The molecule has 19 heavy (non-hydrogen) atoms. The van der Waals surface area contributed by atoms with Crippen LogP contribution in [-0.4, -0.2) is 0 Å². The smallest absolute Gasteiger partial charge is 0.128 e. The van der Waals surface area contributed by atoms with Gasteiger partial charge in [-0.05, 0) is 48.7 Å². The van der Waals surface area contributed by atoms with Gasteiger partial charge in [0.25, 0.3) is 0 Å². The maximum absolute atomic E-state index is 13.8. The fourth-order valence-electron chi connectivity index (χ4n) is 1.80. The van der Waals surface area contributed by atoms with Crippen molar-refractivity contribution in [1.82, 2.24) is 0 Å². The topological polar surface area (TPSA) is 0 Å². The van der Waals surface area contributed by atoms with Gasteiger partial charge in [0.2, 0.25) is 0 Å². The van der Waals surface area contributed by atoms with E-state index in [2.05, 4.69) is 0 Å². The van der Waals surface area contributed by atoms with Crippen LogP contribution in [0.4, 0.5) is 13.2 Å². The molecule has 1 unspecified atom stereocenters. The highest BCUT2D eigenvalue weighted by Crippen LogP contribution is 2.32. The third-order valence-electron chi connectivity index (χ3n) is 3.04. The number of halogens is 4. The monoisotopic (exact) mass is 284 g/mol. The molecule has 0 spiro atoms. The molecule has 0 amide bonds. The Bertz CT molecular complexity index is 623. The van der Waals surface area contributed by atoms with Crippen molar-refractivity contribution in [2.75, 3.05) is 0 Å². The molecule has 2 rings (SSSR count). The molecule has 0 nitrogen and oxygen atoms in total. The van der Waals surface area contributed by atoms with Crippen molar-refractivity contribution in [1.29, 1.82) is 0 Å². The van der Waals surface area contributed by atoms with Gasteiger partial charge in [-0.2, -0.15) is 0 Å². The fraction of sp³-hybridized carbons (Fsp3) is 0.200. The van der Waals surface area contributed by atoms with Gasteiger partial charge >= 0.3 is 0 Å². The molecule has 2 aromatic carbocycles. The Morgan fingerprint density at radius 2 is 1.47 bits per heavy atom. The Balaban J connectivity index is 2.46. The Morgan fingerprint density at radius 3 is 2.11 bits per heavy atom. The van der Waals surface area contributed by atoms with E-state index in [1.165, 1.54) is 13.0 Å². The van der Waals surface area contributed by atoms with Crippen LogP contribution in [0.3, 0.4) is 0 Å². The minimum absolute atomic E-state index is 0.00743. The van der Waals surface area contributed by atoms with Gasteiger partial charge in [0, 0.05) is 5.56 Å². The predicted octanol–water partition coefficient (Wildman–Crippen LogP) is 5.05. The van der Waals surface area contributed by atoms with E-state index in [1.54, 1.807) is 19.1 Å². The molecule has 0 heterocycles. The molecule has 1 atom stereocenters. The highest BCUT2D eigenvalue weighted by atomic mass is 35.5. The van der Waals surface area contributed by atoms with Gasteiger partial charge in [0.1, 0.15) is 17.5 Å². The maximum atomic E-state index is 13.8. The first-order valence-corrected chi connectivity index (χ1v) is 6.19. The van der Waals surface area contributed by atoms with Crippen molar-refractivity contribution < 1.29 is 13.2 Å². The summed E-state index contributed by atoms with van der Waals surface area (Å²) in [4.78, 5) is 0. The van der Waals surface area contributed by atoms with E-state index in [1.807, 2.05) is 0 Å². The summed E-state index contributed by atoms with van der Waals surface area (Å²) in [5.74, 6) is -1.55. The molecule has 0 aliphatic heterocycles. The van der Waals surface area contributed by atoms with Gasteiger partial charge in [-0.3, -0.25) is 0 Å². The number of hydrogen-bond acceptors (Lipinski definition) is 0. The summed E-state index contributed by atoms with van der Waals surface area (Å²) >= 11 is 6.11. The lowest BCUT2D eigenvalue weighted by Crippen LogP contribution is -2.00. The molecule has 2 aromatic rings. The van der Waals surface area contributed by atoms with Gasteiger partial charge in [-0.1, -0.05) is 12.1 Å². The first-order valence-electron chi connectivity index (χ1n) is 5.76. The van der Waals surface area contributed by atoms with Crippen LogP contribution in [0.25, 0.3) is 0 Å². The minimum Gasteiger partial charge on any atom is -0.207 e. The third kappa shape index (κ3) is 2.76. The van der Waals surface area contributed by atoms with Crippen LogP contribution in [0.2, 0.25) is 0 Å². The molecule has 0 aliphatic carbocycles. The Labute approximate surface area is 114 Å². The molecular formula is C15H12ClF3. The average Bonchev–Trinajstić information content (AvgIpc) is 2.36. The van der Waals surface area contributed by atoms with E-state index in [-0.39, 0.29) is 11.1 Å². The molecule has 0 saturated carbocycles. The summed E-state index contributed by atoms with van der Waals surface area (Å²) < 4.78 is 40.8. The Kier molecular flexibility index (Phi) is 3.85. The first-order chi connectivity index (χ1) is 8.90. The predicted molar refractivity (Wildman–Crippen MR) is 69.9 cm³/mol. The van der Waals surface area contributed by atoms with Crippen molar-refractivity contribution in [3.8, 4) is 0 Å². The average molecular weight is 285 g/mol. The SMILES string of the molecule is Cc1ccc(C(Cl)c2cc(F)c(C)cc2F)cc1F. The minimum atomic E-state index is -0.926. The van der Waals surface area contributed by atoms with Gasteiger partial charge in [0.05, 0.1) is 5.38 Å². The molecule has 0 aromatic heterocycles. The summed E-state index contributed by atoms with van der Waals surface area (Å²) in [5, 5.41) is -0.926. The van der Waals surface area contributed by atoms with Gasteiger partial charge in [0.15, 0.2) is 0 Å². The van der Waals surface area contributed by atoms with E-state index in [4.69, 9.17) is 11.6 Å². The second kappa shape index (κ2) is 5.25. The molecule has 100 valence electrons. The number of rotatable bonds is 2. The van der Waals surface area contributed by atoms with Crippen LogP contribution in [0.15, 0.2) is 30.3 Å².